The fourth-order valence-electron chi connectivity index (χ4n) is 1.51. The second-order valence-electron chi connectivity index (χ2n) is 4.41. The molecule has 0 aliphatic carbocycles. The van der Waals surface area contributed by atoms with Crippen LogP contribution in [0.5, 0.6) is 0 Å². The van der Waals surface area contributed by atoms with E-state index in [-0.39, 0.29) is 0 Å². The van der Waals surface area contributed by atoms with Crippen molar-refractivity contribution in [1.82, 2.24) is 5.32 Å². The van der Waals surface area contributed by atoms with Gasteiger partial charge in [0, 0.05) is 20.3 Å². The summed E-state index contributed by atoms with van der Waals surface area (Å²) in [7, 11) is 1.72. The highest BCUT2D eigenvalue weighted by Gasteiger charge is 2.04. The second-order valence-corrected chi connectivity index (χ2v) is 4.41. The van der Waals surface area contributed by atoms with E-state index in [2.05, 4.69) is 26.1 Å². The lowest BCUT2D eigenvalue weighted by atomic mass is 10.1. The monoisotopic (exact) mass is 217 g/mol. The lowest BCUT2D eigenvalue weighted by Gasteiger charge is -2.15. The Morgan fingerprint density at radius 3 is 2.40 bits per heavy atom. The summed E-state index contributed by atoms with van der Waals surface area (Å²) in [5, 5.41) is 3.30. The lowest BCUT2D eigenvalue weighted by molar-refractivity contribution is 0.0504. The molecule has 15 heavy (non-hydrogen) atoms. The molecule has 0 bridgehead atoms. The number of hydrogen-bond acceptors (Lipinski definition) is 3. The Morgan fingerprint density at radius 1 is 1.07 bits per heavy atom. The molecule has 0 saturated heterocycles. The van der Waals surface area contributed by atoms with Crippen molar-refractivity contribution in [1.29, 1.82) is 0 Å². The molecule has 0 aromatic heterocycles. The Kier molecular flexibility index (Phi) is 10.3. The summed E-state index contributed by atoms with van der Waals surface area (Å²) in [5.74, 6) is 0.722. The second kappa shape index (κ2) is 10.4. The fraction of sp³-hybridized carbons (Fsp3) is 1.00. The van der Waals surface area contributed by atoms with E-state index >= 15 is 0 Å². The van der Waals surface area contributed by atoms with Gasteiger partial charge < -0.3 is 14.8 Å². The van der Waals surface area contributed by atoms with E-state index < -0.39 is 0 Å². The summed E-state index contributed by atoms with van der Waals surface area (Å²) in [6.07, 6.45) is 2.62. The average molecular weight is 217 g/mol. The highest BCUT2D eigenvalue weighted by molar-refractivity contribution is 4.54. The zero-order valence-electron chi connectivity index (χ0n) is 10.7. The first-order valence-electron chi connectivity index (χ1n) is 5.98. The molecular formula is C12H27NO2. The quantitative estimate of drug-likeness (QED) is 0.568. The Hall–Kier alpha value is -0.120. The highest BCUT2D eigenvalue weighted by atomic mass is 16.5. The molecule has 0 aromatic carbocycles. The smallest absolute Gasteiger partial charge is 0.0587 e. The Bertz CT molecular complexity index is 129. The molecule has 92 valence electrons. The molecule has 0 aliphatic heterocycles. The zero-order chi connectivity index (χ0) is 11.5. The normalized spacial score (nSPS) is 13.4. The molecule has 0 spiro atoms. The van der Waals surface area contributed by atoms with Gasteiger partial charge in [-0.1, -0.05) is 13.8 Å². The first kappa shape index (κ1) is 14.9. The number of hydrogen-bond donors (Lipinski definition) is 1. The van der Waals surface area contributed by atoms with Crippen molar-refractivity contribution in [3.05, 3.63) is 0 Å². The summed E-state index contributed by atoms with van der Waals surface area (Å²) in [5.41, 5.74) is 0. The summed E-state index contributed by atoms with van der Waals surface area (Å²) in [6, 6.07) is 0. The number of ether oxygens (including phenoxy) is 2. The van der Waals surface area contributed by atoms with Crippen LogP contribution in [0.1, 0.15) is 33.6 Å². The van der Waals surface area contributed by atoms with Crippen LogP contribution in [0.25, 0.3) is 0 Å². The molecule has 1 N–H and O–H groups in total. The molecule has 0 fully saturated rings. The van der Waals surface area contributed by atoms with Gasteiger partial charge in [-0.2, -0.15) is 0 Å². The van der Waals surface area contributed by atoms with Gasteiger partial charge >= 0.3 is 0 Å². The maximum atomic E-state index is 5.69. The highest BCUT2D eigenvalue weighted by Crippen LogP contribution is 2.07. The van der Waals surface area contributed by atoms with Crippen molar-refractivity contribution >= 4 is 0 Å². The van der Waals surface area contributed by atoms with Gasteiger partial charge in [0.1, 0.15) is 0 Å². The molecule has 0 amide bonds. The van der Waals surface area contributed by atoms with E-state index in [0.717, 1.165) is 45.1 Å². The predicted octanol–water partition coefficient (Wildman–Crippen LogP) is 2.06. The first-order valence-corrected chi connectivity index (χ1v) is 5.98. The summed E-state index contributed by atoms with van der Waals surface area (Å²) in [6.45, 7) is 10.2. The SMILES string of the molecule is COCCNCCCOC(C)CC(C)C. The fourth-order valence-corrected chi connectivity index (χ4v) is 1.51. The summed E-state index contributed by atoms with van der Waals surface area (Å²) >= 11 is 0. The average Bonchev–Trinajstić information content (AvgIpc) is 2.15. The third-order valence-corrected chi connectivity index (χ3v) is 2.19. The number of methoxy groups -OCH3 is 1. The van der Waals surface area contributed by atoms with E-state index in [1.54, 1.807) is 7.11 Å². The minimum atomic E-state index is 0.393. The molecule has 3 heteroatoms. The summed E-state index contributed by atoms with van der Waals surface area (Å²) < 4.78 is 10.6. The van der Waals surface area contributed by atoms with Crippen molar-refractivity contribution in [2.24, 2.45) is 5.92 Å². The largest absolute Gasteiger partial charge is 0.383 e. The molecule has 1 unspecified atom stereocenters. The van der Waals surface area contributed by atoms with Gasteiger partial charge in [0.15, 0.2) is 0 Å². The molecule has 0 saturated carbocycles. The van der Waals surface area contributed by atoms with Crippen molar-refractivity contribution < 1.29 is 9.47 Å². The van der Waals surface area contributed by atoms with Gasteiger partial charge in [-0.25, -0.2) is 0 Å². The maximum absolute atomic E-state index is 5.69. The molecule has 1 atom stereocenters. The van der Waals surface area contributed by atoms with Crippen LogP contribution in [-0.4, -0.2) is 39.5 Å². The molecule has 0 heterocycles. The predicted molar refractivity (Wildman–Crippen MR) is 64.2 cm³/mol. The van der Waals surface area contributed by atoms with Gasteiger partial charge in [0.25, 0.3) is 0 Å². The standard InChI is InChI=1S/C12H27NO2/c1-11(2)10-12(3)15-8-5-6-13-7-9-14-4/h11-13H,5-10H2,1-4H3. The van der Waals surface area contributed by atoms with E-state index in [4.69, 9.17) is 9.47 Å². The Labute approximate surface area is 94.5 Å². The summed E-state index contributed by atoms with van der Waals surface area (Å²) in [4.78, 5) is 0. The van der Waals surface area contributed by atoms with Gasteiger partial charge in [-0.05, 0) is 32.2 Å². The topological polar surface area (TPSA) is 30.5 Å². The number of rotatable bonds is 10. The van der Waals surface area contributed by atoms with Gasteiger partial charge in [0.05, 0.1) is 12.7 Å². The van der Waals surface area contributed by atoms with Crippen LogP contribution in [-0.2, 0) is 9.47 Å². The van der Waals surface area contributed by atoms with Crippen molar-refractivity contribution in [2.75, 3.05) is 33.4 Å². The van der Waals surface area contributed by atoms with Gasteiger partial charge in [-0.3, -0.25) is 0 Å². The molecule has 3 nitrogen and oxygen atoms in total. The lowest BCUT2D eigenvalue weighted by Crippen LogP contribution is -2.22. The third-order valence-electron chi connectivity index (χ3n) is 2.19. The van der Waals surface area contributed by atoms with Crippen LogP contribution in [0.15, 0.2) is 0 Å². The van der Waals surface area contributed by atoms with Crippen molar-refractivity contribution in [3.8, 4) is 0 Å². The molecule has 0 radical (unpaired) electrons. The zero-order valence-corrected chi connectivity index (χ0v) is 10.7. The molecule has 0 aromatic rings. The van der Waals surface area contributed by atoms with E-state index in [0.29, 0.717) is 6.10 Å². The molecular weight excluding hydrogens is 190 g/mol. The van der Waals surface area contributed by atoms with Crippen LogP contribution in [0.2, 0.25) is 0 Å². The van der Waals surface area contributed by atoms with E-state index in [1.165, 1.54) is 0 Å². The Morgan fingerprint density at radius 2 is 1.80 bits per heavy atom. The van der Waals surface area contributed by atoms with Crippen LogP contribution in [0.3, 0.4) is 0 Å². The van der Waals surface area contributed by atoms with Gasteiger partial charge in [-0.15, -0.1) is 0 Å². The first-order chi connectivity index (χ1) is 7.16. The molecule has 0 rings (SSSR count). The molecule has 0 aliphatic rings. The van der Waals surface area contributed by atoms with Crippen molar-refractivity contribution in [2.45, 2.75) is 39.7 Å². The third kappa shape index (κ3) is 11.8. The van der Waals surface area contributed by atoms with Crippen LogP contribution in [0, 0.1) is 5.92 Å². The Balaban J connectivity index is 3.09. The van der Waals surface area contributed by atoms with Crippen molar-refractivity contribution in [3.63, 3.8) is 0 Å². The van der Waals surface area contributed by atoms with E-state index in [9.17, 15) is 0 Å². The van der Waals surface area contributed by atoms with Gasteiger partial charge in [0.2, 0.25) is 0 Å². The number of nitrogens with one attached hydrogen (secondary N) is 1. The van der Waals surface area contributed by atoms with Crippen LogP contribution in [0.4, 0.5) is 0 Å². The minimum Gasteiger partial charge on any atom is -0.383 e. The van der Waals surface area contributed by atoms with E-state index in [1.807, 2.05) is 0 Å². The van der Waals surface area contributed by atoms with Crippen LogP contribution < -0.4 is 5.32 Å². The van der Waals surface area contributed by atoms with Crippen LogP contribution >= 0.6 is 0 Å². The minimum absolute atomic E-state index is 0.393. The maximum Gasteiger partial charge on any atom is 0.0587 e.